The fraction of sp³-hybridized carbons (Fsp3) is 0.500. The Morgan fingerprint density at radius 3 is 2.62 bits per heavy atom. The summed E-state index contributed by atoms with van der Waals surface area (Å²) in [6.45, 7) is 4.03. The van der Waals surface area contributed by atoms with Crippen molar-refractivity contribution >= 4 is 23.6 Å². The minimum atomic E-state index is -1.08. The second kappa shape index (κ2) is 8.33. The molecule has 0 saturated heterocycles. The van der Waals surface area contributed by atoms with E-state index in [0.717, 1.165) is 25.0 Å². The molecule has 6 heteroatoms. The summed E-state index contributed by atoms with van der Waals surface area (Å²) in [5.41, 5.74) is 0.00205. The van der Waals surface area contributed by atoms with E-state index in [9.17, 15) is 14.7 Å². The van der Waals surface area contributed by atoms with Gasteiger partial charge in [-0.2, -0.15) is 0 Å². The maximum absolute atomic E-state index is 12.0. The van der Waals surface area contributed by atoms with Crippen LogP contribution in [-0.2, 0) is 9.59 Å². The molecule has 24 heavy (non-hydrogen) atoms. The van der Waals surface area contributed by atoms with E-state index in [0.29, 0.717) is 6.42 Å². The molecule has 1 aromatic heterocycles. The molecule has 1 unspecified atom stereocenters. The van der Waals surface area contributed by atoms with Gasteiger partial charge in [0.2, 0.25) is 5.91 Å². The van der Waals surface area contributed by atoms with Crippen LogP contribution in [0, 0.1) is 11.3 Å². The Hall–Kier alpha value is -1.82. The minimum Gasteiger partial charge on any atom is -0.477 e. The molecule has 2 rings (SSSR count). The number of carbonyl (C=O) groups is 2. The standard InChI is InChI=1S/C18H24N2O3S/c1-18(2)12-14(18)16(21)20-15(17(22)23)6-4-3-5-11-24-13-7-9-19-10-8-13/h6-10,14H,3-5,11-12H2,1-2H3,(H,20,21)(H,22,23). The highest BCUT2D eigenvalue weighted by Gasteiger charge is 2.50. The molecule has 1 heterocycles. The summed E-state index contributed by atoms with van der Waals surface area (Å²) in [6, 6.07) is 3.95. The van der Waals surface area contributed by atoms with Crippen molar-refractivity contribution in [3.63, 3.8) is 0 Å². The van der Waals surface area contributed by atoms with Crippen molar-refractivity contribution < 1.29 is 14.7 Å². The smallest absolute Gasteiger partial charge is 0.352 e. The number of carboxylic acid groups (broad SMARTS) is 1. The zero-order chi connectivity index (χ0) is 17.6. The lowest BCUT2D eigenvalue weighted by atomic mass is 10.1. The lowest BCUT2D eigenvalue weighted by Crippen LogP contribution is -2.29. The van der Waals surface area contributed by atoms with Crippen molar-refractivity contribution in [2.24, 2.45) is 11.3 Å². The summed E-state index contributed by atoms with van der Waals surface area (Å²) >= 11 is 1.76. The Balaban J connectivity index is 1.69. The van der Waals surface area contributed by atoms with Crippen molar-refractivity contribution in [2.45, 2.75) is 44.4 Å². The van der Waals surface area contributed by atoms with Gasteiger partial charge in [-0.25, -0.2) is 4.79 Å². The third kappa shape index (κ3) is 5.67. The van der Waals surface area contributed by atoms with E-state index in [1.54, 1.807) is 30.2 Å². The van der Waals surface area contributed by atoms with Crippen LogP contribution >= 0.6 is 11.8 Å². The minimum absolute atomic E-state index is 0.00211. The summed E-state index contributed by atoms with van der Waals surface area (Å²) in [5.74, 6) is -0.352. The van der Waals surface area contributed by atoms with Crippen molar-refractivity contribution in [3.05, 3.63) is 36.3 Å². The molecular formula is C18H24N2O3S. The topological polar surface area (TPSA) is 79.3 Å². The first-order valence-corrected chi connectivity index (χ1v) is 9.16. The van der Waals surface area contributed by atoms with Crippen LogP contribution in [0.2, 0.25) is 0 Å². The molecule has 5 nitrogen and oxygen atoms in total. The number of aliphatic carboxylic acids is 1. The van der Waals surface area contributed by atoms with Crippen molar-refractivity contribution in [1.29, 1.82) is 0 Å². The quantitative estimate of drug-likeness (QED) is 0.406. The zero-order valence-corrected chi connectivity index (χ0v) is 14.9. The number of carbonyl (C=O) groups excluding carboxylic acids is 1. The number of aromatic nitrogens is 1. The van der Waals surface area contributed by atoms with Gasteiger partial charge in [0.25, 0.3) is 0 Å². The largest absolute Gasteiger partial charge is 0.477 e. The number of amides is 1. The molecule has 1 aliphatic rings. The number of nitrogens with one attached hydrogen (secondary N) is 1. The number of nitrogens with zero attached hydrogens (tertiary/aromatic N) is 1. The third-order valence-electron chi connectivity index (χ3n) is 4.18. The predicted octanol–water partition coefficient (Wildman–Crippen LogP) is 3.47. The average molecular weight is 348 g/mol. The van der Waals surface area contributed by atoms with Crippen LogP contribution in [0.15, 0.2) is 41.2 Å². The van der Waals surface area contributed by atoms with Gasteiger partial charge in [0.15, 0.2) is 0 Å². The molecule has 1 aromatic rings. The first kappa shape index (κ1) is 18.5. The monoisotopic (exact) mass is 348 g/mol. The highest BCUT2D eigenvalue weighted by atomic mass is 32.2. The van der Waals surface area contributed by atoms with Gasteiger partial charge in [0.05, 0.1) is 0 Å². The number of hydrogen-bond acceptors (Lipinski definition) is 4. The van der Waals surface area contributed by atoms with Gasteiger partial charge in [-0.1, -0.05) is 19.9 Å². The molecule has 0 aliphatic heterocycles. The summed E-state index contributed by atoms with van der Waals surface area (Å²) in [7, 11) is 0. The van der Waals surface area contributed by atoms with E-state index in [1.807, 2.05) is 26.0 Å². The Morgan fingerprint density at radius 2 is 2.04 bits per heavy atom. The maximum Gasteiger partial charge on any atom is 0.352 e. The van der Waals surface area contributed by atoms with Crippen LogP contribution in [0.3, 0.4) is 0 Å². The van der Waals surface area contributed by atoms with Crippen LogP contribution in [0.1, 0.15) is 39.5 Å². The van der Waals surface area contributed by atoms with E-state index in [2.05, 4.69) is 10.3 Å². The molecule has 0 radical (unpaired) electrons. The molecule has 1 atom stereocenters. The fourth-order valence-corrected chi connectivity index (χ4v) is 3.34. The van der Waals surface area contributed by atoms with Gasteiger partial charge in [-0.05, 0) is 49.0 Å². The van der Waals surface area contributed by atoms with Crippen LogP contribution in [0.4, 0.5) is 0 Å². The summed E-state index contributed by atoms with van der Waals surface area (Å²) in [5, 5.41) is 11.8. The molecule has 0 aromatic carbocycles. The Morgan fingerprint density at radius 1 is 1.38 bits per heavy atom. The number of thioether (sulfide) groups is 1. The van der Waals surface area contributed by atoms with Crippen molar-refractivity contribution in [1.82, 2.24) is 10.3 Å². The molecule has 130 valence electrons. The normalized spacial score (nSPS) is 18.9. The maximum atomic E-state index is 12.0. The number of rotatable bonds is 9. The lowest BCUT2D eigenvalue weighted by Gasteiger charge is -2.07. The van der Waals surface area contributed by atoms with Gasteiger partial charge >= 0.3 is 5.97 Å². The number of pyridine rings is 1. The van der Waals surface area contributed by atoms with E-state index < -0.39 is 5.97 Å². The molecular weight excluding hydrogens is 324 g/mol. The molecule has 1 amide bonds. The number of allylic oxidation sites excluding steroid dienone is 1. The van der Waals surface area contributed by atoms with E-state index in [-0.39, 0.29) is 22.9 Å². The molecule has 1 fully saturated rings. The Kier molecular flexibility index (Phi) is 6.43. The average Bonchev–Trinajstić information content (AvgIpc) is 3.19. The van der Waals surface area contributed by atoms with Gasteiger partial charge in [0.1, 0.15) is 5.70 Å². The predicted molar refractivity (Wildman–Crippen MR) is 94.6 cm³/mol. The molecule has 1 aliphatic carbocycles. The van der Waals surface area contributed by atoms with Crippen LogP contribution in [0.5, 0.6) is 0 Å². The van der Waals surface area contributed by atoms with Gasteiger partial charge in [-0.3, -0.25) is 9.78 Å². The summed E-state index contributed by atoms with van der Waals surface area (Å²) in [6.07, 6.45) is 8.50. The molecule has 1 saturated carbocycles. The number of hydrogen-bond donors (Lipinski definition) is 2. The van der Waals surface area contributed by atoms with Gasteiger partial charge in [-0.15, -0.1) is 11.8 Å². The summed E-state index contributed by atoms with van der Waals surface area (Å²) in [4.78, 5) is 28.4. The van der Waals surface area contributed by atoms with Crippen LogP contribution < -0.4 is 5.32 Å². The SMILES string of the molecule is CC1(C)CC1C(=O)NC(=CCCCCSc1ccncc1)C(=O)O. The second-order valence-corrected chi connectivity index (χ2v) is 7.85. The molecule has 0 bridgehead atoms. The Bertz CT molecular complexity index is 614. The lowest BCUT2D eigenvalue weighted by molar-refractivity contribution is -0.135. The van der Waals surface area contributed by atoms with Gasteiger partial charge in [0, 0.05) is 23.2 Å². The number of carboxylic acids is 1. The van der Waals surface area contributed by atoms with Crippen molar-refractivity contribution in [3.8, 4) is 0 Å². The highest BCUT2D eigenvalue weighted by molar-refractivity contribution is 7.99. The third-order valence-corrected chi connectivity index (χ3v) is 5.28. The Labute approximate surface area is 146 Å². The van der Waals surface area contributed by atoms with E-state index >= 15 is 0 Å². The zero-order valence-electron chi connectivity index (χ0n) is 14.1. The highest BCUT2D eigenvalue weighted by Crippen LogP contribution is 2.51. The second-order valence-electron chi connectivity index (χ2n) is 6.68. The van der Waals surface area contributed by atoms with E-state index in [1.165, 1.54) is 4.90 Å². The summed E-state index contributed by atoms with van der Waals surface area (Å²) < 4.78 is 0. The fourth-order valence-electron chi connectivity index (χ4n) is 2.44. The van der Waals surface area contributed by atoms with Crippen LogP contribution in [0.25, 0.3) is 0 Å². The molecule has 2 N–H and O–H groups in total. The van der Waals surface area contributed by atoms with Gasteiger partial charge < -0.3 is 10.4 Å². The first-order chi connectivity index (χ1) is 11.4. The molecule has 0 spiro atoms. The first-order valence-electron chi connectivity index (χ1n) is 8.17. The number of unbranched alkanes of at least 4 members (excludes halogenated alkanes) is 2. The van der Waals surface area contributed by atoms with Crippen molar-refractivity contribution in [2.75, 3.05) is 5.75 Å². The van der Waals surface area contributed by atoms with Crippen LogP contribution in [-0.4, -0.2) is 27.7 Å². The van der Waals surface area contributed by atoms with E-state index in [4.69, 9.17) is 0 Å².